The van der Waals surface area contributed by atoms with Crippen molar-refractivity contribution in [1.82, 2.24) is 0 Å². The van der Waals surface area contributed by atoms with E-state index in [0.717, 1.165) is 6.07 Å². The summed E-state index contributed by atoms with van der Waals surface area (Å²) < 4.78 is 73.1. The maximum absolute atomic E-state index is 12.5. The third-order valence-electron chi connectivity index (χ3n) is 2.23. The fourth-order valence-corrected chi connectivity index (χ4v) is 1.49. The second-order valence-electron chi connectivity index (χ2n) is 3.62. The van der Waals surface area contributed by atoms with Crippen molar-refractivity contribution in [2.45, 2.75) is 31.6 Å². The number of hydrogen-bond acceptors (Lipinski definition) is 0. The first-order valence-corrected chi connectivity index (χ1v) is 4.92. The third kappa shape index (κ3) is 4.66. The molecule has 0 amide bonds. The van der Waals surface area contributed by atoms with E-state index in [9.17, 15) is 26.3 Å². The van der Waals surface area contributed by atoms with Gasteiger partial charge in [-0.05, 0) is 24.5 Å². The van der Waals surface area contributed by atoms with Crippen LogP contribution in [0, 0.1) is 0 Å². The minimum absolute atomic E-state index is 0.0933. The molecular formula is C11H10F6. The summed E-state index contributed by atoms with van der Waals surface area (Å²) in [5, 5.41) is 0. The van der Waals surface area contributed by atoms with Gasteiger partial charge in [-0.25, -0.2) is 0 Å². The van der Waals surface area contributed by atoms with E-state index in [2.05, 4.69) is 0 Å². The molecule has 0 heterocycles. The van der Waals surface area contributed by atoms with Crippen LogP contribution in [-0.2, 0) is 12.6 Å². The van der Waals surface area contributed by atoms with Crippen LogP contribution in [0.15, 0.2) is 24.3 Å². The van der Waals surface area contributed by atoms with Gasteiger partial charge in [-0.1, -0.05) is 18.2 Å². The van der Waals surface area contributed by atoms with Gasteiger partial charge in [0.15, 0.2) is 0 Å². The summed E-state index contributed by atoms with van der Waals surface area (Å²) in [7, 11) is 0. The van der Waals surface area contributed by atoms with E-state index >= 15 is 0 Å². The monoisotopic (exact) mass is 256 g/mol. The lowest BCUT2D eigenvalue weighted by Gasteiger charge is -2.12. The summed E-state index contributed by atoms with van der Waals surface area (Å²) in [6.07, 6.45) is -10.5. The normalized spacial score (nSPS) is 12.8. The lowest BCUT2D eigenvalue weighted by Crippen LogP contribution is -2.11. The summed E-state index contributed by atoms with van der Waals surface area (Å²) in [6, 6.07) is 4.69. The maximum atomic E-state index is 12.5. The van der Waals surface area contributed by atoms with E-state index < -0.39 is 24.3 Å². The first-order valence-electron chi connectivity index (χ1n) is 4.92. The number of rotatable bonds is 3. The average molecular weight is 256 g/mol. The summed E-state index contributed by atoms with van der Waals surface area (Å²) in [5.41, 5.74) is -0.952. The molecule has 0 spiro atoms. The van der Waals surface area contributed by atoms with Crippen molar-refractivity contribution in [2.75, 3.05) is 0 Å². The fraction of sp³-hybridized carbons (Fsp3) is 0.455. The van der Waals surface area contributed by atoms with Crippen LogP contribution >= 0.6 is 0 Å². The molecule has 0 aliphatic rings. The number of benzene rings is 1. The van der Waals surface area contributed by atoms with Crippen LogP contribution in [0.1, 0.15) is 24.0 Å². The van der Waals surface area contributed by atoms with Crippen molar-refractivity contribution < 1.29 is 26.3 Å². The molecule has 6 heteroatoms. The summed E-state index contributed by atoms with van der Waals surface area (Å²) >= 11 is 0. The quantitative estimate of drug-likeness (QED) is 0.694. The molecule has 1 rings (SSSR count). The highest BCUT2D eigenvalue weighted by Crippen LogP contribution is 2.33. The number of aryl methyl sites for hydroxylation is 1. The zero-order chi connectivity index (χ0) is 13.1. The molecule has 0 unspecified atom stereocenters. The molecule has 0 aliphatic carbocycles. The summed E-state index contributed by atoms with van der Waals surface area (Å²) in [4.78, 5) is 0. The summed E-state index contributed by atoms with van der Waals surface area (Å²) in [6.45, 7) is 0. The molecule has 0 radical (unpaired) electrons. The predicted molar refractivity (Wildman–Crippen MR) is 50.4 cm³/mol. The van der Waals surface area contributed by atoms with Crippen molar-refractivity contribution in [3.05, 3.63) is 35.4 Å². The molecule has 0 aromatic heterocycles. The lowest BCUT2D eigenvalue weighted by molar-refractivity contribution is -0.138. The Morgan fingerprint density at radius 3 is 2.00 bits per heavy atom. The van der Waals surface area contributed by atoms with Crippen molar-refractivity contribution in [3.8, 4) is 0 Å². The zero-order valence-corrected chi connectivity index (χ0v) is 8.70. The van der Waals surface area contributed by atoms with Crippen LogP contribution < -0.4 is 0 Å². The van der Waals surface area contributed by atoms with Crippen LogP contribution in [0.25, 0.3) is 0 Å². The predicted octanol–water partition coefficient (Wildman–Crippen LogP) is 4.59. The van der Waals surface area contributed by atoms with Gasteiger partial charge >= 0.3 is 12.4 Å². The van der Waals surface area contributed by atoms with Crippen molar-refractivity contribution in [2.24, 2.45) is 0 Å². The molecule has 0 saturated heterocycles. The van der Waals surface area contributed by atoms with Crippen LogP contribution in [0.5, 0.6) is 0 Å². The molecule has 0 N–H and O–H groups in total. The Bertz CT molecular complexity index is 363. The molecule has 17 heavy (non-hydrogen) atoms. The van der Waals surface area contributed by atoms with Crippen LogP contribution in [0.3, 0.4) is 0 Å². The molecule has 0 aliphatic heterocycles. The highest BCUT2D eigenvalue weighted by Gasteiger charge is 2.33. The minimum Gasteiger partial charge on any atom is -0.171 e. The van der Waals surface area contributed by atoms with Crippen molar-refractivity contribution in [3.63, 3.8) is 0 Å². The zero-order valence-electron chi connectivity index (χ0n) is 8.70. The third-order valence-corrected chi connectivity index (χ3v) is 2.23. The number of hydrogen-bond donors (Lipinski definition) is 0. The average Bonchev–Trinajstić information content (AvgIpc) is 2.15. The van der Waals surface area contributed by atoms with Gasteiger partial charge in [0.1, 0.15) is 0 Å². The van der Waals surface area contributed by atoms with Gasteiger partial charge in [0.05, 0.1) is 5.56 Å². The van der Waals surface area contributed by atoms with Gasteiger partial charge < -0.3 is 0 Å². The van der Waals surface area contributed by atoms with Crippen LogP contribution in [-0.4, -0.2) is 6.18 Å². The number of halogens is 6. The van der Waals surface area contributed by atoms with E-state index in [1.807, 2.05) is 0 Å². The second kappa shape index (κ2) is 4.98. The first kappa shape index (κ1) is 13.9. The van der Waals surface area contributed by atoms with E-state index in [-0.39, 0.29) is 18.4 Å². The van der Waals surface area contributed by atoms with Gasteiger partial charge in [-0.2, -0.15) is 26.3 Å². The van der Waals surface area contributed by atoms with Crippen LogP contribution in [0.2, 0.25) is 0 Å². The van der Waals surface area contributed by atoms with Gasteiger partial charge in [-0.15, -0.1) is 0 Å². The molecule has 0 atom stereocenters. The first-order chi connectivity index (χ1) is 7.70. The molecule has 1 aromatic carbocycles. The molecule has 0 bridgehead atoms. The highest BCUT2D eigenvalue weighted by molar-refractivity contribution is 5.29. The largest absolute Gasteiger partial charge is 0.416 e. The van der Waals surface area contributed by atoms with Gasteiger partial charge in [0.25, 0.3) is 0 Å². The smallest absolute Gasteiger partial charge is 0.171 e. The maximum Gasteiger partial charge on any atom is 0.416 e. The molecular weight excluding hydrogens is 246 g/mol. The van der Waals surface area contributed by atoms with E-state index in [1.165, 1.54) is 18.2 Å². The summed E-state index contributed by atoms with van der Waals surface area (Å²) in [5.74, 6) is 0. The van der Waals surface area contributed by atoms with Crippen molar-refractivity contribution in [1.29, 1.82) is 0 Å². The Balaban J connectivity index is 2.72. The molecule has 0 nitrogen and oxygen atoms in total. The van der Waals surface area contributed by atoms with E-state index in [0.29, 0.717) is 0 Å². The fourth-order valence-electron chi connectivity index (χ4n) is 1.49. The Morgan fingerprint density at radius 1 is 0.882 bits per heavy atom. The van der Waals surface area contributed by atoms with E-state index in [4.69, 9.17) is 0 Å². The lowest BCUT2D eigenvalue weighted by atomic mass is 10.0. The second-order valence-corrected chi connectivity index (χ2v) is 3.62. The molecule has 0 saturated carbocycles. The van der Waals surface area contributed by atoms with Crippen molar-refractivity contribution >= 4 is 0 Å². The highest BCUT2D eigenvalue weighted by atomic mass is 19.4. The minimum atomic E-state index is -4.52. The Hall–Kier alpha value is -1.20. The van der Waals surface area contributed by atoms with Gasteiger partial charge in [-0.3, -0.25) is 0 Å². The molecule has 96 valence electrons. The Morgan fingerprint density at radius 2 is 1.47 bits per heavy atom. The van der Waals surface area contributed by atoms with E-state index in [1.54, 1.807) is 0 Å². The Kier molecular flexibility index (Phi) is 4.06. The van der Waals surface area contributed by atoms with Gasteiger partial charge in [0, 0.05) is 6.42 Å². The van der Waals surface area contributed by atoms with Crippen LogP contribution in [0.4, 0.5) is 26.3 Å². The molecule has 1 aromatic rings. The Labute approximate surface area is 94.2 Å². The number of alkyl halides is 6. The van der Waals surface area contributed by atoms with Gasteiger partial charge in [0.2, 0.25) is 0 Å². The topological polar surface area (TPSA) is 0 Å². The SMILES string of the molecule is FC(F)(F)CCCc1ccccc1C(F)(F)F. The molecule has 0 fully saturated rings. The standard InChI is InChI=1S/C11H10F6/c12-10(13,14)7-3-5-8-4-1-2-6-9(8)11(15,16)17/h1-2,4,6H,3,5,7H2.